The van der Waals surface area contributed by atoms with Gasteiger partial charge in [-0.15, -0.1) is 0 Å². The molecule has 0 aliphatic rings. The van der Waals surface area contributed by atoms with Gasteiger partial charge in [0.2, 0.25) is 0 Å². The predicted octanol–water partition coefficient (Wildman–Crippen LogP) is 1.52. The van der Waals surface area contributed by atoms with Gasteiger partial charge in [-0.2, -0.15) is 5.26 Å². The first-order chi connectivity index (χ1) is 7.49. The molecule has 1 aromatic heterocycles. The molecule has 16 heavy (non-hydrogen) atoms. The van der Waals surface area contributed by atoms with Crippen LogP contribution in [0.2, 0.25) is 5.02 Å². The molecule has 1 aromatic rings. The Morgan fingerprint density at radius 1 is 1.75 bits per heavy atom. The zero-order valence-electron chi connectivity index (χ0n) is 8.81. The lowest BCUT2D eigenvalue weighted by Crippen LogP contribution is -2.36. The number of carbonyl (C=O) groups is 1. The first-order valence-corrected chi connectivity index (χ1v) is 4.87. The standard InChI is InChI=1S/C10H10ClN3O2/c1-6(10(15)16)14(2)9-8(11)7(5-12)3-4-13-9/h3-4,6H,1-2H3,(H,15,16). The molecule has 0 bridgehead atoms. The van der Waals surface area contributed by atoms with Gasteiger partial charge in [-0.3, -0.25) is 0 Å². The van der Waals surface area contributed by atoms with E-state index >= 15 is 0 Å². The van der Waals surface area contributed by atoms with Crippen LogP contribution in [0.25, 0.3) is 0 Å². The number of nitriles is 1. The molecular weight excluding hydrogens is 230 g/mol. The third-order valence-corrected chi connectivity index (χ3v) is 2.64. The number of nitrogens with zero attached hydrogens (tertiary/aromatic N) is 3. The van der Waals surface area contributed by atoms with E-state index in [4.69, 9.17) is 22.0 Å². The van der Waals surface area contributed by atoms with Crippen molar-refractivity contribution in [2.75, 3.05) is 11.9 Å². The van der Waals surface area contributed by atoms with Crippen LogP contribution in [0.4, 0.5) is 5.82 Å². The topological polar surface area (TPSA) is 77.2 Å². The van der Waals surface area contributed by atoms with E-state index in [-0.39, 0.29) is 16.4 Å². The minimum atomic E-state index is -0.984. The van der Waals surface area contributed by atoms with Crippen molar-refractivity contribution >= 4 is 23.4 Å². The number of hydrogen-bond donors (Lipinski definition) is 1. The summed E-state index contributed by atoms with van der Waals surface area (Å²) in [5.74, 6) is -0.696. The van der Waals surface area contributed by atoms with E-state index in [0.717, 1.165) is 0 Å². The van der Waals surface area contributed by atoms with Crippen molar-refractivity contribution in [2.24, 2.45) is 0 Å². The number of halogens is 1. The number of pyridine rings is 1. The summed E-state index contributed by atoms with van der Waals surface area (Å²) < 4.78 is 0. The Morgan fingerprint density at radius 2 is 2.38 bits per heavy atom. The van der Waals surface area contributed by atoms with Gasteiger partial charge >= 0.3 is 5.97 Å². The maximum absolute atomic E-state index is 10.8. The number of likely N-dealkylation sites (N-methyl/N-ethyl adjacent to an activating group) is 1. The van der Waals surface area contributed by atoms with Crippen LogP contribution >= 0.6 is 11.6 Å². The summed E-state index contributed by atoms with van der Waals surface area (Å²) in [6, 6.07) is 2.63. The Hall–Kier alpha value is -1.80. The van der Waals surface area contributed by atoms with Crippen LogP contribution in [0.3, 0.4) is 0 Å². The van der Waals surface area contributed by atoms with Gasteiger partial charge in [0.1, 0.15) is 23.0 Å². The largest absolute Gasteiger partial charge is 0.480 e. The van der Waals surface area contributed by atoms with Crippen molar-refractivity contribution in [1.29, 1.82) is 5.26 Å². The first-order valence-electron chi connectivity index (χ1n) is 4.49. The molecular formula is C10H10ClN3O2. The smallest absolute Gasteiger partial charge is 0.326 e. The van der Waals surface area contributed by atoms with Gasteiger partial charge < -0.3 is 10.0 Å². The highest BCUT2D eigenvalue weighted by molar-refractivity contribution is 6.34. The number of carboxylic acids is 1. The van der Waals surface area contributed by atoms with Crippen molar-refractivity contribution in [3.8, 4) is 6.07 Å². The number of anilines is 1. The summed E-state index contributed by atoms with van der Waals surface area (Å²) in [4.78, 5) is 16.2. The number of aliphatic carboxylic acids is 1. The second-order valence-electron chi connectivity index (χ2n) is 3.23. The predicted molar refractivity (Wildman–Crippen MR) is 59.5 cm³/mol. The van der Waals surface area contributed by atoms with E-state index in [0.29, 0.717) is 0 Å². The number of carboxylic acid groups (broad SMARTS) is 1. The van der Waals surface area contributed by atoms with E-state index in [9.17, 15) is 4.79 Å². The van der Waals surface area contributed by atoms with Crippen molar-refractivity contribution in [3.05, 3.63) is 22.8 Å². The van der Waals surface area contributed by atoms with Crippen LogP contribution in [0.15, 0.2) is 12.3 Å². The van der Waals surface area contributed by atoms with Crippen LogP contribution in [0.1, 0.15) is 12.5 Å². The Morgan fingerprint density at radius 3 is 2.88 bits per heavy atom. The zero-order valence-corrected chi connectivity index (χ0v) is 9.56. The lowest BCUT2D eigenvalue weighted by atomic mass is 10.2. The van der Waals surface area contributed by atoms with Gasteiger partial charge in [-0.1, -0.05) is 11.6 Å². The maximum Gasteiger partial charge on any atom is 0.326 e. The quantitative estimate of drug-likeness (QED) is 0.865. The molecule has 0 radical (unpaired) electrons. The fraction of sp³-hybridized carbons (Fsp3) is 0.300. The summed E-state index contributed by atoms with van der Waals surface area (Å²) in [5, 5.41) is 17.8. The molecule has 0 saturated heterocycles. The molecule has 0 aliphatic carbocycles. The van der Waals surface area contributed by atoms with E-state index in [1.807, 2.05) is 6.07 Å². The summed E-state index contributed by atoms with van der Waals surface area (Å²) in [6.07, 6.45) is 1.42. The summed E-state index contributed by atoms with van der Waals surface area (Å²) in [6.45, 7) is 1.51. The van der Waals surface area contributed by atoms with Gasteiger partial charge in [0.25, 0.3) is 0 Å². The average Bonchev–Trinajstić information content (AvgIpc) is 2.27. The average molecular weight is 240 g/mol. The molecule has 1 rings (SSSR count). The normalized spacial score (nSPS) is 11.6. The van der Waals surface area contributed by atoms with Gasteiger partial charge in [-0.25, -0.2) is 9.78 Å². The first kappa shape index (κ1) is 12.3. The highest BCUT2D eigenvalue weighted by Gasteiger charge is 2.21. The molecule has 0 saturated carbocycles. The summed E-state index contributed by atoms with van der Waals surface area (Å²) in [7, 11) is 1.56. The van der Waals surface area contributed by atoms with Gasteiger partial charge in [0.05, 0.1) is 5.56 Å². The van der Waals surface area contributed by atoms with Crippen molar-refractivity contribution in [3.63, 3.8) is 0 Å². The minimum Gasteiger partial charge on any atom is -0.480 e. The van der Waals surface area contributed by atoms with Crippen molar-refractivity contribution < 1.29 is 9.90 Å². The Labute approximate surface area is 97.9 Å². The van der Waals surface area contributed by atoms with Crippen LogP contribution < -0.4 is 4.90 Å². The fourth-order valence-electron chi connectivity index (χ4n) is 1.11. The second-order valence-corrected chi connectivity index (χ2v) is 3.61. The van der Waals surface area contributed by atoms with E-state index in [2.05, 4.69) is 4.98 Å². The lowest BCUT2D eigenvalue weighted by molar-refractivity contribution is -0.138. The van der Waals surface area contributed by atoms with Crippen molar-refractivity contribution in [1.82, 2.24) is 4.98 Å². The third kappa shape index (κ3) is 2.23. The van der Waals surface area contributed by atoms with Crippen LogP contribution in [0.5, 0.6) is 0 Å². The summed E-state index contributed by atoms with van der Waals surface area (Å²) in [5.41, 5.74) is 0.274. The summed E-state index contributed by atoms with van der Waals surface area (Å²) >= 11 is 5.93. The molecule has 0 aliphatic heterocycles. The number of aromatic nitrogens is 1. The second kappa shape index (κ2) is 4.81. The Kier molecular flexibility index (Phi) is 3.69. The van der Waals surface area contributed by atoms with Crippen LogP contribution in [0, 0.1) is 11.3 Å². The van der Waals surface area contributed by atoms with Crippen LogP contribution in [-0.2, 0) is 4.79 Å². The molecule has 0 fully saturated rings. The maximum atomic E-state index is 10.8. The molecule has 5 nitrogen and oxygen atoms in total. The highest BCUT2D eigenvalue weighted by atomic mass is 35.5. The lowest BCUT2D eigenvalue weighted by Gasteiger charge is -2.23. The fourth-order valence-corrected chi connectivity index (χ4v) is 1.40. The van der Waals surface area contributed by atoms with Gasteiger partial charge in [-0.05, 0) is 13.0 Å². The van der Waals surface area contributed by atoms with E-state index < -0.39 is 12.0 Å². The minimum absolute atomic E-state index is 0.167. The molecule has 0 amide bonds. The Balaban J connectivity index is 3.15. The molecule has 0 aromatic carbocycles. The monoisotopic (exact) mass is 239 g/mol. The highest BCUT2D eigenvalue weighted by Crippen LogP contribution is 2.26. The van der Waals surface area contributed by atoms with Crippen molar-refractivity contribution in [2.45, 2.75) is 13.0 Å². The molecule has 1 heterocycles. The van der Waals surface area contributed by atoms with E-state index in [1.54, 1.807) is 7.05 Å². The molecule has 1 unspecified atom stereocenters. The van der Waals surface area contributed by atoms with Gasteiger partial charge in [0.15, 0.2) is 0 Å². The zero-order chi connectivity index (χ0) is 12.3. The molecule has 1 atom stereocenters. The number of rotatable bonds is 3. The molecule has 1 N–H and O–H groups in total. The molecule has 0 spiro atoms. The molecule has 6 heteroatoms. The SMILES string of the molecule is CC(C(=O)O)N(C)c1nccc(C#N)c1Cl. The van der Waals surface area contributed by atoms with Gasteiger partial charge in [0, 0.05) is 13.2 Å². The Bertz CT molecular complexity index is 456. The van der Waals surface area contributed by atoms with E-state index in [1.165, 1.54) is 24.1 Å². The molecule has 84 valence electrons. The number of hydrogen-bond acceptors (Lipinski definition) is 4. The third-order valence-electron chi connectivity index (χ3n) is 2.26. The van der Waals surface area contributed by atoms with Crippen LogP contribution in [-0.4, -0.2) is 29.1 Å².